The number of nitrogens with zero attached hydrogens (tertiary/aromatic N) is 1. The summed E-state index contributed by atoms with van der Waals surface area (Å²) < 4.78 is 41.0. The molecule has 0 bridgehead atoms. The summed E-state index contributed by atoms with van der Waals surface area (Å²) in [5, 5.41) is 0. The molecule has 1 atom stereocenters. The van der Waals surface area contributed by atoms with Crippen molar-refractivity contribution in [3.05, 3.63) is 16.1 Å². The van der Waals surface area contributed by atoms with Crippen LogP contribution in [-0.4, -0.2) is 10.9 Å². The van der Waals surface area contributed by atoms with E-state index in [9.17, 15) is 13.2 Å². The van der Waals surface area contributed by atoms with Gasteiger partial charge in [-0.05, 0) is 48.8 Å². The Hall–Kier alpha value is -0.620. The molecule has 1 aromatic heterocycles. The van der Waals surface area contributed by atoms with Crippen LogP contribution < -0.4 is 5.73 Å². The monoisotopic (exact) mass is 236 g/mol. The van der Waals surface area contributed by atoms with Gasteiger partial charge in [-0.3, -0.25) is 0 Å². The fourth-order valence-corrected chi connectivity index (χ4v) is 2.93. The van der Waals surface area contributed by atoms with E-state index >= 15 is 0 Å². The first-order chi connectivity index (χ1) is 7.02. The van der Waals surface area contributed by atoms with Gasteiger partial charge in [0.05, 0.1) is 0 Å². The van der Waals surface area contributed by atoms with Crippen molar-refractivity contribution in [3.63, 3.8) is 0 Å². The van der Waals surface area contributed by atoms with Crippen LogP contribution in [0.4, 0.5) is 13.2 Å². The standard InChI is InChI=1S/C9H11F3N2S/c10-9(11,12)8-6-2-1-5(4-13)3-7(6)15-14-8/h5H,1-4,13H2. The van der Waals surface area contributed by atoms with E-state index in [4.69, 9.17) is 5.73 Å². The van der Waals surface area contributed by atoms with E-state index in [0.29, 0.717) is 30.9 Å². The number of halogens is 3. The first kappa shape index (κ1) is 10.9. The third-order valence-electron chi connectivity index (χ3n) is 2.75. The zero-order chi connectivity index (χ0) is 11.1. The summed E-state index contributed by atoms with van der Waals surface area (Å²) in [5.41, 5.74) is 5.23. The maximum atomic E-state index is 12.5. The zero-order valence-electron chi connectivity index (χ0n) is 7.97. The van der Waals surface area contributed by atoms with E-state index in [0.717, 1.165) is 22.8 Å². The van der Waals surface area contributed by atoms with E-state index in [1.165, 1.54) is 0 Å². The molecule has 1 aliphatic rings. The van der Waals surface area contributed by atoms with Gasteiger partial charge in [0.25, 0.3) is 0 Å². The highest BCUT2D eigenvalue weighted by atomic mass is 32.1. The summed E-state index contributed by atoms with van der Waals surface area (Å²) in [4.78, 5) is 0.768. The number of fused-ring (bicyclic) bond motifs is 1. The highest BCUT2D eigenvalue weighted by Crippen LogP contribution is 2.38. The second-order valence-electron chi connectivity index (χ2n) is 3.78. The van der Waals surface area contributed by atoms with Gasteiger partial charge in [0.2, 0.25) is 0 Å². The summed E-state index contributed by atoms with van der Waals surface area (Å²) >= 11 is 0.972. The fourth-order valence-electron chi connectivity index (χ4n) is 1.90. The molecule has 0 aromatic carbocycles. The lowest BCUT2D eigenvalue weighted by atomic mass is 9.88. The molecule has 1 heterocycles. The number of nitrogens with two attached hydrogens (primary N) is 1. The van der Waals surface area contributed by atoms with Crippen LogP contribution >= 0.6 is 11.5 Å². The van der Waals surface area contributed by atoms with Gasteiger partial charge in [-0.2, -0.15) is 17.5 Å². The molecule has 0 saturated carbocycles. The first-order valence-electron chi connectivity index (χ1n) is 4.77. The van der Waals surface area contributed by atoms with Gasteiger partial charge in [-0.25, -0.2) is 0 Å². The van der Waals surface area contributed by atoms with Crippen LogP contribution in [0, 0.1) is 5.92 Å². The van der Waals surface area contributed by atoms with Gasteiger partial charge in [0.15, 0.2) is 5.69 Å². The van der Waals surface area contributed by atoms with Crippen LogP contribution in [0.2, 0.25) is 0 Å². The molecule has 2 N–H and O–H groups in total. The van der Waals surface area contributed by atoms with Gasteiger partial charge < -0.3 is 5.73 Å². The number of hydrogen-bond acceptors (Lipinski definition) is 3. The number of alkyl halides is 3. The summed E-state index contributed by atoms with van der Waals surface area (Å²) in [7, 11) is 0. The molecule has 2 rings (SSSR count). The molecule has 6 heteroatoms. The molecule has 0 aliphatic heterocycles. The quantitative estimate of drug-likeness (QED) is 0.812. The van der Waals surface area contributed by atoms with Crippen LogP contribution in [0.1, 0.15) is 22.6 Å². The van der Waals surface area contributed by atoms with Crippen molar-refractivity contribution in [3.8, 4) is 0 Å². The molecule has 84 valence electrons. The second-order valence-corrected chi connectivity index (χ2v) is 4.63. The molecule has 0 radical (unpaired) electrons. The van der Waals surface area contributed by atoms with Crippen molar-refractivity contribution in [1.82, 2.24) is 4.37 Å². The lowest BCUT2D eigenvalue weighted by Crippen LogP contribution is -2.22. The van der Waals surface area contributed by atoms with Crippen LogP contribution in [0.15, 0.2) is 0 Å². The predicted molar refractivity (Wildman–Crippen MR) is 51.7 cm³/mol. The molecule has 15 heavy (non-hydrogen) atoms. The van der Waals surface area contributed by atoms with Gasteiger partial charge in [-0.15, -0.1) is 0 Å². The fraction of sp³-hybridized carbons (Fsp3) is 0.667. The molecule has 0 saturated heterocycles. The van der Waals surface area contributed by atoms with E-state index in [1.807, 2.05) is 0 Å². The third kappa shape index (κ3) is 2.01. The topological polar surface area (TPSA) is 38.9 Å². The van der Waals surface area contributed by atoms with Gasteiger partial charge in [0, 0.05) is 4.88 Å². The van der Waals surface area contributed by atoms with Gasteiger partial charge in [-0.1, -0.05) is 0 Å². The Morgan fingerprint density at radius 1 is 1.47 bits per heavy atom. The lowest BCUT2D eigenvalue weighted by Gasteiger charge is -2.20. The van der Waals surface area contributed by atoms with Crippen LogP contribution in [0.5, 0.6) is 0 Å². The molecular weight excluding hydrogens is 225 g/mol. The Labute approximate surface area is 89.5 Å². The molecule has 1 unspecified atom stereocenters. The SMILES string of the molecule is NCC1CCc2c(C(F)(F)F)nsc2C1. The molecular formula is C9H11F3N2S. The first-order valence-corrected chi connectivity index (χ1v) is 5.54. The van der Waals surface area contributed by atoms with Crippen molar-refractivity contribution in [1.29, 1.82) is 0 Å². The largest absolute Gasteiger partial charge is 0.434 e. The summed E-state index contributed by atoms with van der Waals surface area (Å²) in [6.07, 6.45) is -2.45. The Bertz CT molecular complexity index is 359. The average molecular weight is 236 g/mol. The third-order valence-corrected chi connectivity index (χ3v) is 3.66. The minimum atomic E-state index is -4.31. The van der Waals surface area contributed by atoms with Crippen LogP contribution in [0.3, 0.4) is 0 Å². The molecule has 0 amide bonds. The smallest absolute Gasteiger partial charge is 0.330 e. The van der Waals surface area contributed by atoms with Crippen molar-refractivity contribution in [2.24, 2.45) is 11.7 Å². The Kier molecular flexibility index (Phi) is 2.72. The molecule has 0 fully saturated rings. The van der Waals surface area contributed by atoms with Crippen molar-refractivity contribution in [2.45, 2.75) is 25.4 Å². The summed E-state index contributed by atoms with van der Waals surface area (Å²) in [6.45, 7) is 0.540. The average Bonchev–Trinajstić information content (AvgIpc) is 2.59. The zero-order valence-corrected chi connectivity index (χ0v) is 8.79. The van der Waals surface area contributed by atoms with Gasteiger partial charge >= 0.3 is 6.18 Å². The molecule has 0 spiro atoms. The number of hydrogen-bond donors (Lipinski definition) is 1. The maximum Gasteiger partial charge on any atom is 0.434 e. The van der Waals surface area contributed by atoms with Crippen LogP contribution in [-0.2, 0) is 19.0 Å². The number of rotatable bonds is 1. The predicted octanol–water partition coefficient (Wildman–Crippen LogP) is 2.23. The summed E-state index contributed by atoms with van der Waals surface area (Å²) in [6, 6.07) is 0. The van der Waals surface area contributed by atoms with Crippen molar-refractivity contribution in [2.75, 3.05) is 6.54 Å². The van der Waals surface area contributed by atoms with Crippen molar-refractivity contribution >= 4 is 11.5 Å². The highest BCUT2D eigenvalue weighted by molar-refractivity contribution is 7.06. The minimum Gasteiger partial charge on any atom is -0.330 e. The lowest BCUT2D eigenvalue weighted by molar-refractivity contribution is -0.141. The second kappa shape index (κ2) is 3.75. The molecule has 2 nitrogen and oxygen atoms in total. The highest BCUT2D eigenvalue weighted by Gasteiger charge is 2.39. The van der Waals surface area contributed by atoms with E-state index in [-0.39, 0.29) is 0 Å². The Morgan fingerprint density at radius 2 is 2.20 bits per heavy atom. The van der Waals surface area contributed by atoms with E-state index in [1.54, 1.807) is 0 Å². The Balaban J connectivity index is 2.30. The maximum absolute atomic E-state index is 12.5. The molecule has 1 aromatic rings. The van der Waals surface area contributed by atoms with Crippen LogP contribution in [0.25, 0.3) is 0 Å². The normalized spacial score (nSPS) is 21.5. The summed E-state index contributed by atoms with van der Waals surface area (Å²) in [5.74, 6) is 0.319. The molecule has 1 aliphatic carbocycles. The number of aromatic nitrogens is 1. The van der Waals surface area contributed by atoms with E-state index in [2.05, 4.69) is 4.37 Å². The van der Waals surface area contributed by atoms with Gasteiger partial charge in [0.1, 0.15) is 0 Å². The minimum absolute atomic E-state index is 0.319. The Morgan fingerprint density at radius 3 is 2.80 bits per heavy atom. The van der Waals surface area contributed by atoms with E-state index < -0.39 is 11.9 Å². The van der Waals surface area contributed by atoms with Crippen molar-refractivity contribution < 1.29 is 13.2 Å².